The van der Waals surface area contributed by atoms with Gasteiger partial charge in [0.15, 0.2) is 5.65 Å². The molecular weight excluding hydrogens is 326 g/mol. The summed E-state index contributed by atoms with van der Waals surface area (Å²) in [6.07, 6.45) is 5.20. The van der Waals surface area contributed by atoms with Crippen molar-refractivity contribution in [2.24, 2.45) is 0 Å². The van der Waals surface area contributed by atoms with Gasteiger partial charge in [-0.25, -0.2) is 9.67 Å². The van der Waals surface area contributed by atoms with Gasteiger partial charge in [-0.15, -0.1) is 0 Å². The van der Waals surface area contributed by atoms with Crippen molar-refractivity contribution >= 4 is 16.9 Å². The lowest BCUT2D eigenvalue weighted by atomic mass is 10.1. The zero-order valence-electron chi connectivity index (χ0n) is 14.3. The highest BCUT2D eigenvalue weighted by Crippen LogP contribution is 2.25. The number of hydrogen-bond acceptors (Lipinski definition) is 4. The van der Waals surface area contributed by atoms with Gasteiger partial charge in [0.25, 0.3) is 5.91 Å². The lowest BCUT2D eigenvalue weighted by Gasteiger charge is -2.08. The molecule has 0 spiro atoms. The molecule has 0 radical (unpaired) electrons. The van der Waals surface area contributed by atoms with Gasteiger partial charge in [-0.3, -0.25) is 9.78 Å². The molecule has 0 atom stereocenters. The Morgan fingerprint density at radius 2 is 1.88 bits per heavy atom. The highest BCUT2D eigenvalue weighted by molar-refractivity contribution is 6.06. The summed E-state index contributed by atoms with van der Waals surface area (Å²) in [5, 5.41) is 7.89. The molecule has 0 unspecified atom stereocenters. The van der Waals surface area contributed by atoms with E-state index in [-0.39, 0.29) is 5.91 Å². The number of benzene rings is 1. The van der Waals surface area contributed by atoms with Crippen molar-refractivity contribution in [3.8, 4) is 11.3 Å². The van der Waals surface area contributed by atoms with Crippen LogP contribution in [0, 0.1) is 0 Å². The second-order valence-corrected chi connectivity index (χ2v) is 5.90. The van der Waals surface area contributed by atoms with E-state index in [1.165, 1.54) is 0 Å². The molecule has 0 fully saturated rings. The van der Waals surface area contributed by atoms with E-state index in [0.717, 1.165) is 22.2 Å². The summed E-state index contributed by atoms with van der Waals surface area (Å²) < 4.78 is 1.81. The number of fused-ring (bicyclic) bond motifs is 1. The molecule has 0 aliphatic rings. The predicted octanol–water partition coefficient (Wildman–Crippen LogP) is 2.90. The molecule has 0 aliphatic heterocycles. The summed E-state index contributed by atoms with van der Waals surface area (Å²) in [6.45, 7) is 0.560. The summed E-state index contributed by atoms with van der Waals surface area (Å²) in [7, 11) is 1.62. The van der Waals surface area contributed by atoms with Crippen LogP contribution in [0.4, 0.5) is 0 Å². The first-order valence-corrected chi connectivity index (χ1v) is 8.29. The zero-order chi connectivity index (χ0) is 17.9. The molecule has 4 rings (SSSR count). The van der Waals surface area contributed by atoms with Gasteiger partial charge in [0.05, 0.1) is 29.4 Å². The van der Waals surface area contributed by atoms with E-state index < -0.39 is 0 Å². The van der Waals surface area contributed by atoms with Gasteiger partial charge in [0.2, 0.25) is 0 Å². The number of nitrogens with zero attached hydrogens (tertiary/aromatic N) is 4. The van der Waals surface area contributed by atoms with Gasteiger partial charge in [0, 0.05) is 25.0 Å². The Labute approximate surface area is 150 Å². The first kappa shape index (κ1) is 16.0. The number of rotatable bonds is 4. The summed E-state index contributed by atoms with van der Waals surface area (Å²) in [4.78, 5) is 21.2. The van der Waals surface area contributed by atoms with E-state index in [4.69, 9.17) is 4.98 Å². The summed E-state index contributed by atoms with van der Waals surface area (Å²) in [6, 6.07) is 15.5. The Balaban J connectivity index is 1.89. The quantitative estimate of drug-likeness (QED) is 0.618. The number of pyridine rings is 2. The van der Waals surface area contributed by atoms with Crippen molar-refractivity contribution in [3.63, 3.8) is 0 Å². The third-order valence-electron chi connectivity index (χ3n) is 4.23. The van der Waals surface area contributed by atoms with Crippen molar-refractivity contribution in [2.45, 2.75) is 6.54 Å². The predicted molar refractivity (Wildman–Crippen MR) is 99.7 cm³/mol. The molecule has 3 aromatic heterocycles. The smallest absolute Gasteiger partial charge is 0.251 e. The van der Waals surface area contributed by atoms with Crippen LogP contribution in [-0.4, -0.2) is 32.7 Å². The van der Waals surface area contributed by atoms with E-state index >= 15 is 0 Å². The first-order chi connectivity index (χ1) is 12.8. The van der Waals surface area contributed by atoms with Crippen molar-refractivity contribution < 1.29 is 4.79 Å². The molecule has 6 nitrogen and oxygen atoms in total. The number of hydrogen-bond donors (Lipinski definition) is 1. The van der Waals surface area contributed by atoms with Crippen molar-refractivity contribution in [1.82, 2.24) is 25.1 Å². The average molecular weight is 343 g/mol. The van der Waals surface area contributed by atoms with Crippen LogP contribution in [0.2, 0.25) is 0 Å². The molecular formula is C20H17N5O. The molecule has 1 amide bonds. The van der Waals surface area contributed by atoms with Gasteiger partial charge in [-0.1, -0.05) is 30.3 Å². The standard InChI is InChI=1S/C20H17N5O/c1-21-20(26)16-11-18(15-5-3-2-4-6-15)24-19-17(16)12-23-25(19)13-14-7-9-22-10-8-14/h2-12H,13H2,1H3,(H,21,26). The van der Waals surface area contributed by atoms with Crippen LogP contribution in [-0.2, 0) is 6.54 Å². The minimum absolute atomic E-state index is 0.155. The number of amides is 1. The van der Waals surface area contributed by atoms with Crippen LogP contribution in [0.5, 0.6) is 0 Å². The van der Waals surface area contributed by atoms with Crippen LogP contribution in [0.3, 0.4) is 0 Å². The fourth-order valence-corrected chi connectivity index (χ4v) is 2.90. The Morgan fingerprint density at radius 1 is 1.12 bits per heavy atom. The van der Waals surface area contributed by atoms with Crippen molar-refractivity contribution in [2.75, 3.05) is 7.05 Å². The fraction of sp³-hybridized carbons (Fsp3) is 0.100. The van der Waals surface area contributed by atoms with Gasteiger partial charge in [0.1, 0.15) is 0 Å². The monoisotopic (exact) mass is 343 g/mol. The number of nitrogens with one attached hydrogen (secondary N) is 1. The molecule has 128 valence electrons. The third kappa shape index (κ3) is 2.93. The zero-order valence-corrected chi connectivity index (χ0v) is 14.3. The maximum Gasteiger partial charge on any atom is 0.251 e. The molecule has 1 N–H and O–H groups in total. The van der Waals surface area contributed by atoms with Gasteiger partial charge >= 0.3 is 0 Å². The highest BCUT2D eigenvalue weighted by atomic mass is 16.1. The average Bonchev–Trinajstić information content (AvgIpc) is 3.11. The maximum atomic E-state index is 12.4. The van der Waals surface area contributed by atoms with E-state index in [1.807, 2.05) is 53.2 Å². The Kier molecular flexibility index (Phi) is 4.15. The minimum atomic E-state index is -0.155. The number of aromatic nitrogens is 4. The van der Waals surface area contributed by atoms with E-state index in [1.54, 1.807) is 25.6 Å². The Hall–Kier alpha value is -3.54. The summed E-state index contributed by atoms with van der Waals surface area (Å²) >= 11 is 0. The van der Waals surface area contributed by atoms with Crippen LogP contribution in [0.1, 0.15) is 15.9 Å². The molecule has 0 bridgehead atoms. The SMILES string of the molecule is CNC(=O)c1cc(-c2ccccc2)nc2c1cnn2Cc1ccncc1. The topological polar surface area (TPSA) is 72.7 Å². The van der Waals surface area contributed by atoms with E-state index in [0.29, 0.717) is 17.8 Å². The Bertz CT molecular complexity index is 1060. The van der Waals surface area contributed by atoms with Crippen LogP contribution in [0.25, 0.3) is 22.3 Å². The molecule has 6 heteroatoms. The molecule has 1 aromatic carbocycles. The maximum absolute atomic E-state index is 12.4. The van der Waals surface area contributed by atoms with E-state index in [9.17, 15) is 4.79 Å². The number of carbonyl (C=O) groups excluding carboxylic acids is 1. The summed E-state index contributed by atoms with van der Waals surface area (Å²) in [5.41, 5.74) is 4.02. The lowest BCUT2D eigenvalue weighted by Crippen LogP contribution is -2.18. The lowest BCUT2D eigenvalue weighted by molar-refractivity contribution is 0.0964. The second-order valence-electron chi connectivity index (χ2n) is 5.90. The molecule has 3 heterocycles. The normalized spacial score (nSPS) is 10.8. The Morgan fingerprint density at radius 3 is 2.62 bits per heavy atom. The molecule has 26 heavy (non-hydrogen) atoms. The molecule has 0 saturated carbocycles. The van der Waals surface area contributed by atoms with Gasteiger partial charge < -0.3 is 5.32 Å². The highest BCUT2D eigenvalue weighted by Gasteiger charge is 2.16. The summed E-state index contributed by atoms with van der Waals surface area (Å²) in [5.74, 6) is -0.155. The molecule has 0 aliphatic carbocycles. The number of carbonyl (C=O) groups is 1. The van der Waals surface area contributed by atoms with Crippen LogP contribution >= 0.6 is 0 Å². The molecule has 0 saturated heterocycles. The van der Waals surface area contributed by atoms with Crippen molar-refractivity contribution in [3.05, 3.63) is 78.2 Å². The first-order valence-electron chi connectivity index (χ1n) is 8.29. The fourth-order valence-electron chi connectivity index (χ4n) is 2.90. The van der Waals surface area contributed by atoms with Gasteiger partial charge in [-0.2, -0.15) is 5.10 Å². The van der Waals surface area contributed by atoms with Crippen molar-refractivity contribution in [1.29, 1.82) is 0 Å². The second kappa shape index (κ2) is 6.76. The largest absolute Gasteiger partial charge is 0.355 e. The van der Waals surface area contributed by atoms with Gasteiger partial charge in [-0.05, 0) is 23.8 Å². The minimum Gasteiger partial charge on any atom is -0.355 e. The van der Waals surface area contributed by atoms with E-state index in [2.05, 4.69) is 15.4 Å². The third-order valence-corrected chi connectivity index (χ3v) is 4.23. The van der Waals surface area contributed by atoms with Crippen LogP contribution < -0.4 is 5.32 Å². The molecule has 4 aromatic rings. The van der Waals surface area contributed by atoms with Crippen LogP contribution in [0.15, 0.2) is 67.1 Å².